The molecule has 1 aliphatic carbocycles. The highest BCUT2D eigenvalue weighted by Crippen LogP contribution is 2.26. The highest BCUT2D eigenvalue weighted by molar-refractivity contribution is 7.89. The fraction of sp³-hybridized carbons (Fsp3) is 0.304. The van der Waals surface area contributed by atoms with E-state index < -0.39 is 22.0 Å². The number of aliphatic carboxylic acids is 1. The number of sulfonamides is 1. The van der Waals surface area contributed by atoms with E-state index in [1.54, 1.807) is 44.6 Å². The maximum Gasteiger partial charge on any atom is 0.322 e. The number of carbonyl (C=O) groups is 1. The van der Waals surface area contributed by atoms with Gasteiger partial charge < -0.3 is 15.2 Å². The first-order valence-electron chi connectivity index (χ1n) is 10.2. The molecule has 3 N–H and O–H groups in total. The summed E-state index contributed by atoms with van der Waals surface area (Å²) in [6.45, 7) is -0.233. The van der Waals surface area contributed by atoms with Gasteiger partial charge in [0.2, 0.25) is 10.0 Å². The fourth-order valence-electron chi connectivity index (χ4n) is 3.66. The van der Waals surface area contributed by atoms with Gasteiger partial charge in [0, 0.05) is 24.5 Å². The summed E-state index contributed by atoms with van der Waals surface area (Å²) in [5.74, 6) is -0.230. The second-order valence-electron chi connectivity index (χ2n) is 7.39. The van der Waals surface area contributed by atoms with E-state index in [2.05, 4.69) is 15.0 Å². The summed E-state index contributed by atoms with van der Waals surface area (Å²) in [5, 5.41) is 11.8. The number of aliphatic imine (C=N–C) groups is 1. The number of nitrogens with zero attached hydrogens (tertiary/aromatic N) is 1. The molecule has 0 fully saturated rings. The van der Waals surface area contributed by atoms with Gasteiger partial charge in [-0.3, -0.25) is 9.79 Å². The predicted octanol–water partition coefficient (Wildman–Crippen LogP) is 2.82. The van der Waals surface area contributed by atoms with Crippen molar-refractivity contribution in [1.29, 1.82) is 0 Å². The molecule has 2 aromatic carbocycles. The van der Waals surface area contributed by atoms with Crippen molar-refractivity contribution in [2.45, 2.75) is 30.2 Å². The first-order valence-corrected chi connectivity index (χ1v) is 11.7. The lowest BCUT2D eigenvalue weighted by molar-refractivity contribution is -0.135. The largest absolute Gasteiger partial charge is 0.497 e. The zero-order valence-corrected chi connectivity index (χ0v) is 18.9. The third-order valence-electron chi connectivity index (χ3n) is 5.25. The van der Waals surface area contributed by atoms with Crippen LogP contribution in [0.2, 0.25) is 0 Å². The summed E-state index contributed by atoms with van der Waals surface area (Å²) >= 11 is 0. The Balaban J connectivity index is 1.80. The Hall–Kier alpha value is -3.17. The number of methoxy groups -OCH3 is 1. The van der Waals surface area contributed by atoms with Crippen LogP contribution in [0, 0.1) is 0 Å². The van der Waals surface area contributed by atoms with Crippen LogP contribution < -0.4 is 14.8 Å². The number of hydrogen-bond donors (Lipinski definition) is 3. The average molecular weight is 458 g/mol. The van der Waals surface area contributed by atoms with Gasteiger partial charge in [-0.15, -0.1) is 0 Å². The number of hydrogen-bond acceptors (Lipinski definition) is 6. The molecule has 3 rings (SSSR count). The maximum absolute atomic E-state index is 13.0. The summed E-state index contributed by atoms with van der Waals surface area (Å²) in [6, 6.07) is 13.7. The number of benzene rings is 2. The number of carboxylic acid groups (broad SMARTS) is 1. The average Bonchev–Trinajstić information content (AvgIpc) is 2.79. The molecule has 0 bridgehead atoms. The molecule has 1 aliphatic rings. The molecular formula is C23H27N3O5S. The normalized spacial score (nSPS) is 16.9. The van der Waals surface area contributed by atoms with Crippen molar-refractivity contribution in [3.63, 3.8) is 0 Å². The van der Waals surface area contributed by atoms with Gasteiger partial charge in [-0.2, -0.15) is 0 Å². The van der Waals surface area contributed by atoms with E-state index in [1.165, 1.54) is 0 Å². The highest BCUT2D eigenvalue weighted by atomic mass is 32.2. The molecule has 1 atom stereocenters. The molecule has 0 radical (unpaired) electrons. The van der Waals surface area contributed by atoms with Gasteiger partial charge in [0.05, 0.1) is 18.0 Å². The number of rotatable bonds is 9. The lowest BCUT2D eigenvalue weighted by Gasteiger charge is -2.27. The quantitative estimate of drug-likeness (QED) is 0.499. The van der Waals surface area contributed by atoms with Crippen LogP contribution in [-0.2, 0) is 14.8 Å². The maximum atomic E-state index is 13.0. The van der Waals surface area contributed by atoms with Crippen LogP contribution in [0.4, 0.5) is 0 Å². The topological polar surface area (TPSA) is 117 Å². The van der Waals surface area contributed by atoms with E-state index in [1.807, 2.05) is 24.3 Å². The summed E-state index contributed by atoms with van der Waals surface area (Å²) in [6.07, 6.45) is 3.56. The van der Waals surface area contributed by atoms with E-state index in [0.29, 0.717) is 24.1 Å². The van der Waals surface area contributed by atoms with Crippen LogP contribution in [0.5, 0.6) is 5.75 Å². The van der Waals surface area contributed by atoms with Crippen LogP contribution in [0.25, 0.3) is 11.1 Å². The van der Waals surface area contributed by atoms with Crippen molar-refractivity contribution >= 4 is 22.2 Å². The first-order chi connectivity index (χ1) is 15.3. The third-order valence-corrected chi connectivity index (χ3v) is 6.74. The van der Waals surface area contributed by atoms with Crippen molar-refractivity contribution in [3.8, 4) is 16.9 Å². The van der Waals surface area contributed by atoms with Gasteiger partial charge in [-0.1, -0.05) is 24.3 Å². The fourth-order valence-corrected chi connectivity index (χ4v) is 4.91. The predicted molar refractivity (Wildman–Crippen MR) is 123 cm³/mol. The van der Waals surface area contributed by atoms with E-state index >= 15 is 0 Å². The monoisotopic (exact) mass is 457 g/mol. The lowest BCUT2D eigenvalue weighted by atomic mass is 9.92. The number of carboxylic acids is 1. The van der Waals surface area contributed by atoms with Gasteiger partial charge in [-0.25, -0.2) is 13.1 Å². The van der Waals surface area contributed by atoms with Gasteiger partial charge in [0.15, 0.2) is 0 Å². The summed E-state index contributed by atoms with van der Waals surface area (Å²) in [4.78, 5) is 15.1. The Morgan fingerprint density at radius 3 is 2.34 bits per heavy atom. The zero-order chi connectivity index (χ0) is 23.1. The summed E-state index contributed by atoms with van der Waals surface area (Å²) in [5.41, 5.74) is 3.21. The minimum absolute atomic E-state index is 0.160. The Bertz CT molecular complexity index is 1110. The second kappa shape index (κ2) is 10.4. The molecule has 0 saturated carbocycles. The number of ether oxygens (including phenoxy) is 1. The number of nitrogens with one attached hydrogen (secondary N) is 2. The Labute approximate surface area is 188 Å². The Morgan fingerprint density at radius 1 is 1.16 bits per heavy atom. The van der Waals surface area contributed by atoms with Crippen LogP contribution in [-0.4, -0.2) is 52.5 Å². The van der Waals surface area contributed by atoms with E-state index in [9.17, 15) is 13.2 Å². The van der Waals surface area contributed by atoms with Gasteiger partial charge >= 0.3 is 5.97 Å². The molecule has 0 heterocycles. The molecule has 170 valence electrons. The van der Waals surface area contributed by atoms with E-state index in [0.717, 1.165) is 23.3 Å². The van der Waals surface area contributed by atoms with E-state index in [4.69, 9.17) is 9.84 Å². The molecule has 0 spiro atoms. The van der Waals surface area contributed by atoms with Gasteiger partial charge in [0.25, 0.3) is 0 Å². The molecule has 0 aromatic heterocycles. The smallest absolute Gasteiger partial charge is 0.322 e. The molecule has 2 aromatic rings. The van der Waals surface area contributed by atoms with Crippen molar-refractivity contribution in [3.05, 3.63) is 59.8 Å². The lowest BCUT2D eigenvalue weighted by Crippen LogP contribution is -2.40. The Morgan fingerprint density at radius 2 is 1.78 bits per heavy atom. The molecule has 0 saturated heterocycles. The minimum Gasteiger partial charge on any atom is -0.497 e. The van der Waals surface area contributed by atoms with Crippen LogP contribution in [0.15, 0.2) is 69.7 Å². The molecule has 0 amide bonds. The minimum atomic E-state index is -3.79. The molecule has 8 nitrogen and oxygen atoms in total. The van der Waals surface area contributed by atoms with Crippen molar-refractivity contribution in [2.75, 3.05) is 20.7 Å². The molecule has 0 aliphatic heterocycles. The van der Waals surface area contributed by atoms with Crippen LogP contribution in [0.3, 0.4) is 0 Å². The SMILES string of the molecule is C/N=C\C1=C(NCC(=O)O)CCCC1NS(=O)(=O)c1ccc(-c2ccc(OC)cc2)cc1. The molecular weight excluding hydrogens is 430 g/mol. The standard InChI is InChI=1S/C23H27N3O5S/c1-24-14-20-21(25-15-23(27)28)4-3-5-22(20)26-32(29,30)19-12-8-17(9-13-19)16-6-10-18(31-2)11-7-16/h6-14,22,25-26H,3-5,15H2,1-2H3,(H,27,28)/b24-14-. The first kappa shape index (κ1) is 23.5. The molecule has 32 heavy (non-hydrogen) atoms. The summed E-state index contributed by atoms with van der Waals surface area (Å²) in [7, 11) is -0.585. The van der Waals surface area contributed by atoms with Crippen molar-refractivity contribution in [1.82, 2.24) is 10.0 Å². The highest BCUT2D eigenvalue weighted by Gasteiger charge is 2.27. The van der Waals surface area contributed by atoms with E-state index in [-0.39, 0.29) is 11.4 Å². The van der Waals surface area contributed by atoms with Gasteiger partial charge in [-0.05, 0) is 54.7 Å². The molecule has 9 heteroatoms. The van der Waals surface area contributed by atoms with Crippen LogP contribution in [0.1, 0.15) is 19.3 Å². The van der Waals surface area contributed by atoms with Crippen molar-refractivity contribution in [2.24, 2.45) is 4.99 Å². The summed E-state index contributed by atoms with van der Waals surface area (Å²) < 4.78 is 34.0. The second-order valence-corrected chi connectivity index (χ2v) is 9.10. The molecule has 1 unspecified atom stereocenters. The third kappa shape index (κ3) is 5.74. The Kier molecular flexibility index (Phi) is 7.66. The zero-order valence-electron chi connectivity index (χ0n) is 18.0. The van der Waals surface area contributed by atoms with Crippen LogP contribution >= 0.6 is 0 Å². The number of allylic oxidation sites excluding steroid dienone is 1. The van der Waals surface area contributed by atoms with Gasteiger partial charge in [0.1, 0.15) is 12.3 Å². The van der Waals surface area contributed by atoms with Crippen molar-refractivity contribution < 1.29 is 23.1 Å².